The summed E-state index contributed by atoms with van der Waals surface area (Å²) in [5.74, 6) is 0.812. The monoisotopic (exact) mass is 268 g/mol. The van der Waals surface area contributed by atoms with Gasteiger partial charge in [-0.15, -0.1) is 24.8 Å². The molecule has 0 amide bonds. The van der Waals surface area contributed by atoms with Gasteiger partial charge < -0.3 is 11.1 Å². The van der Waals surface area contributed by atoms with Crippen LogP contribution in [0.15, 0.2) is 6.20 Å². The summed E-state index contributed by atoms with van der Waals surface area (Å²) in [7, 11) is 0. The maximum atomic E-state index is 5.82. The van der Waals surface area contributed by atoms with E-state index in [1.807, 2.05) is 10.9 Å². The Morgan fingerprint density at radius 3 is 2.50 bits per heavy atom. The maximum Gasteiger partial charge on any atom is 0.171 e. The molecular formula is C10H22Cl2N4. The van der Waals surface area contributed by atoms with Crippen LogP contribution in [0.4, 0.5) is 11.5 Å². The Bertz CT molecular complexity index is 286. The summed E-state index contributed by atoms with van der Waals surface area (Å²) in [5, 5.41) is 7.59. The molecule has 0 aliphatic rings. The first kappa shape index (κ1) is 17.8. The highest BCUT2D eigenvalue weighted by molar-refractivity contribution is 5.85. The van der Waals surface area contributed by atoms with Gasteiger partial charge in [0.05, 0.1) is 11.9 Å². The number of nitrogens with one attached hydrogen (secondary N) is 1. The molecule has 1 rings (SSSR count). The Balaban J connectivity index is 0. The van der Waals surface area contributed by atoms with Gasteiger partial charge >= 0.3 is 0 Å². The van der Waals surface area contributed by atoms with E-state index >= 15 is 0 Å². The molecule has 0 fully saturated rings. The van der Waals surface area contributed by atoms with Crippen molar-refractivity contribution in [2.75, 3.05) is 17.6 Å². The number of rotatable bonds is 5. The van der Waals surface area contributed by atoms with Gasteiger partial charge in [0.25, 0.3) is 0 Å². The first-order valence-electron chi connectivity index (χ1n) is 5.23. The number of anilines is 2. The normalized spacial score (nSPS) is 9.50. The summed E-state index contributed by atoms with van der Waals surface area (Å²) in [6, 6.07) is 0.360. The minimum absolute atomic E-state index is 0. The molecule has 3 N–H and O–H groups in total. The SMILES string of the molecule is CCCCNc1nn(C(C)C)cc1N.Cl.Cl. The molecule has 16 heavy (non-hydrogen) atoms. The van der Waals surface area contributed by atoms with Crippen LogP contribution in [0.1, 0.15) is 39.7 Å². The second kappa shape index (κ2) is 8.53. The summed E-state index contributed by atoms with van der Waals surface area (Å²) < 4.78 is 1.88. The molecule has 1 aromatic heterocycles. The van der Waals surface area contributed by atoms with Gasteiger partial charge in [0, 0.05) is 12.6 Å². The van der Waals surface area contributed by atoms with Crippen molar-refractivity contribution in [2.24, 2.45) is 0 Å². The van der Waals surface area contributed by atoms with Crippen LogP contribution in [0.2, 0.25) is 0 Å². The molecule has 0 atom stereocenters. The molecule has 0 unspecified atom stereocenters. The van der Waals surface area contributed by atoms with Gasteiger partial charge in [-0.25, -0.2) is 0 Å². The van der Waals surface area contributed by atoms with E-state index in [-0.39, 0.29) is 24.8 Å². The van der Waals surface area contributed by atoms with Crippen LogP contribution < -0.4 is 11.1 Å². The average Bonchev–Trinajstić information content (AvgIpc) is 2.49. The summed E-state index contributed by atoms with van der Waals surface area (Å²) >= 11 is 0. The third kappa shape index (κ3) is 4.94. The molecule has 4 nitrogen and oxygen atoms in total. The third-order valence-electron chi connectivity index (χ3n) is 2.11. The highest BCUT2D eigenvalue weighted by atomic mass is 35.5. The summed E-state index contributed by atoms with van der Waals surface area (Å²) in [5.41, 5.74) is 6.55. The van der Waals surface area contributed by atoms with E-state index in [9.17, 15) is 0 Å². The molecule has 0 bridgehead atoms. The van der Waals surface area contributed by atoms with Gasteiger partial charge in [0.2, 0.25) is 0 Å². The van der Waals surface area contributed by atoms with Gasteiger partial charge in [-0.2, -0.15) is 5.10 Å². The van der Waals surface area contributed by atoms with Crippen LogP contribution >= 0.6 is 24.8 Å². The van der Waals surface area contributed by atoms with E-state index in [2.05, 4.69) is 31.2 Å². The Hall–Kier alpha value is -0.610. The number of hydrogen-bond acceptors (Lipinski definition) is 3. The van der Waals surface area contributed by atoms with Crippen LogP contribution in [0, 0.1) is 0 Å². The molecule has 1 aromatic rings. The zero-order valence-electron chi connectivity index (χ0n) is 10.1. The van der Waals surface area contributed by atoms with E-state index in [1.165, 1.54) is 6.42 Å². The minimum Gasteiger partial charge on any atom is -0.394 e. The quantitative estimate of drug-likeness (QED) is 0.807. The highest BCUT2D eigenvalue weighted by Crippen LogP contribution is 2.17. The molecular weight excluding hydrogens is 247 g/mol. The van der Waals surface area contributed by atoms with Gasteiger partial charge in [0.1, 0.15) is 0 Å². The predicted molar refractivity (Wildman–Crippen MR) is 74.9 cm³/mol. The molecule has 0 aromatic carbocycles. The molecule has 0 radical (unpaired) electrons. The number of nitrogens with two attached hydrogens (primary N) is 1. The Morgan fingerprint density at radius 1 is 1.44 bits per heavy atom. The number of halogens is 2. The predicted octanol–water partition coefficient (Wildman–Crippen LogP) is 3.10. The van der Waals surface area contributed by atoms with E-state index in [4.69, 9.17) is 5.73 Å². The Kier molecular flexibility index (Phi) is 9.48. The average molecular weight is 269 g/mol. The van der Waals surface area contributed by atoms with Crippen molar-refractivity contribution in [3.05, 3.63) is 6.20 Å². The molecule has 0 saturated heterocycles. The van der Waals surface area contributed by atoms with Crippen molar-refractivity contribution in [1.29, 1.82) is 0 Å². The van der Waals surface area contributed by atoms with Crippen LogP contribution in [-0.2, 0) is 0 Å². The third-order valence-corrected chi connectivity index (χ3v) is 2.11. The fraction of sp³-hybridized carbons (Fsp3) is 0.700. The second-order valence-electron chi connectivity index (χ2n) is 3.79. The van der Waals surface area contributed by atoms with Crippen LogP contribution in [-0.4, -0.2) is 16.3 Å². The van der Waals surface area contributed by atoms with Gasteiger partial charge in [-0.1, -0.05) is 13.3 Å². The standard InChI is InChI=1S/C10H20N4.2ClH/c1-4-5-6-12-10-9(11)7-14(13-10)8(2)3;;/h7-8H,4-6,11H2,1-3H3,(H,12,13);2*1H. The summed E-state index contributed by atoms with van der Waals surface area (Å²) in [6.07, 6.45) is 4.20. The van der Waals surface area contributed by atoms with Crippen molar-refractivity contribution >= 4 is 36.3 Å². The number of nitrogen functional groups attached to an aromatic ring is 1. The van der Waals surface area contributed by atoms with E-state index in [0.717, 1.165) is 24.5 Å². The lowest BCUT2D eigenvalue weighted by Gasteiger charge is -2.04. The topological polar surface area (TPSA) is 55.9 Å². The number of nitrogens with zero attached hydrogens (tertiary/aromatic N) is 2. The van der Waals surface area contributed by atoms with Crippen molar-refractivity contribution in [1.82, 2.24) is 9.78 Å². The van der Waals surface area contributed by atoms with Crippen LogP contribution in [0.5, 0.6) is 0 Å². The van der Waals surface area contributed by atoms with Crippen molar-refractivity contribution < 1.29 is 0 Å². The fourth-order valence-corrected chi connectivity index (χ4v) is 1.19. The lowest BCUT2D eigenvalue weighted by atomic mass is 10.3. The number of aromatic nitrogens is 2. The van der Waals surface area contributed by atoms with Crippen molar-refractivity contribution in [3.63, 3.8) is 0 Å². The number of hydrogen-bond donors (Lipinski definition) is 2. The van der Waals surface area contributed by atoms with E-state index in [1.54, 1.807) is 0 Å². The molecule has 1 heterocycles. The van der Waals surface area contributed by atoms with Gasteiger partial charge in [-0.05, 0) is 20.3 Å². The van der Waals surface area contributed by atoms with E-state index in [0.29, 0.717) is 6.04 Å². The molecule has 0 aliphatic heterocycles. The smallest absolute Gasteiger partial charge is 0.171 e. The largest absolute Gasteiger partial charge is 0.394 e. The first-order chi connectivity index (χ1) is 6.65. The van der Waals surface area contributed by atoms with Gasteiger partial charge in [-0.3, -0.25) is 4.68 Å². The fourth-order valence-electron chi connectivity index (χ4n) is 1.19. The Labute approximate surface area is 110 Å². The molecule has 0 aliphatic carbocycles. The van der Waals surface area contributed by atoms with E-state index < -0.39 is 0 Å². The lowest BCUT2D eigenvalue weighted by molar-refractivity contribution is 0.534. The summed E-state index contributed by atoms with van der Waals surface area (Å²) in [6.45, 7) is 7.28. The zero-order valence-corrected chi connectivity index (χ0v) is 11.7. The van der Waals surface area contributed by atoms with Crippen molar-refractivity contribution in [3.8, 4) is 0 Å². The maximum absolute atomic E-state index is 5.82. The molecule has 96 valence electrons. The highest BCUT2D eigenvalue weighted by Gasteiger charge is 2.06. The summed E-state index contributed by atoms with van der Waals surface area (Å²) in [4.78, 5) is 0. The van der Waals surface area contributed by atoms with Gasteiger partial charge in [0.15, 0.2) is 5.82 Å². The minimum atomic E-state index is 0. The lowest BCUT2D eigenvalue weighted by Crippen LogP contribution is -2.05. The first-order valence-corrected chi connectivity index (χ1v) is 5.23. The number of unbranched alkanes of at least 4 members (excludes halogenated alkanes) is 1. The zero-order chi connectivity index (χ0) is 10.6. The molecule has 0 saturated carbocycles. The Morgan fingerprint density at radius 2 is 2.06 bits per heavy atom. The molecule has 6 heteroatoms. The van der Waals surface area contributed by atoms with Crippen LogP contribution in [0.25, 0.3) is 0 Å². The van der Waals surface area contributed by atoms with Crippen molar-refractivity contribution in [2.45, 2.75) is 39.7 Å². The second-order valence-corrected chi connectivity index (χ2v) is 3.79. The molecule has 0 spiro atoms. The van der Waals surface area contributed by atoms with Crippen LogP contribution in [0.3, 0.4) is 0 Å².